The molecule has 0 spiro atoms. The topological polar surface area (TPSA) is 61.9 Å². The summed E-state index contributed by atoms with van der Waals surface area (Å²) in [5, 5.41) is 2.92. The van der Waals surface area contributed by atoms with E-state index < -0.39 is 6.04 Å². The molecule has 1 aromatic carbocycles. The second-order valence-electron chi connectivity index (χ2n) is 7.80. The average molecular weight is 400 g/mol. The Morgan fingerprint density at radius 1 is 1.14 bits per heavy atom. The van der Waals surface area contributed by atoms with Crippen molar-refractivity contribution in [3.8, 4) is 5.75 Å². The number of amides is 2. The minimum atomic E-state index is -0.399. The highest BCUT2D eigenvalue weighted by atomic mass is 16.5. The number of nitrogens with one attached hydrogen (secondary N) is 1. The van der Waals surface area contributed by atoms with Gasteiger partial charge in [0, 0.05) is 38.3 Å². The van der Waals surface area contributed by atoms with Crippen molar-refractivity contribution < 1.29 is 14.3 Å². The molecule has 2 amide bonds. The Morgan fingerprint density at radius 3 is 2.62 bits per heavy atom. The first-order valence-electron chi connectivity index (χ1n) is 10.8. The van der Waals surface area contributed by atoms with Crippen LogP contribution in [-0.4, -0.2) is 67.5 Å². The van der Waals surface area contributed by atoms with Crippen LogP contribution < -0.4 is 10.1 Å². The number of nitrogens with zero attached hydrogens (tertiary/aromatic N) is 2. The van der Waals surface area contributed by atoms with Crippen LogP contribution in [0.25, 0.3) is 6.08 Å². The highest BCUT2D eigenvalue weighted by Crippen LogP contribution is 2.19. The molecule has 6 nitrogen and oxygen atoms in total. The van der Waals surface area contributed by atoms with Gasteiger partial charge in [0.1, 0.15) is 5.75 Å². The summed E-state index contributed by atoms with van der Waals surface area (Å²) in [6.07, 6.45) is 10.1. The predicted molar refractivity (Wildman–Crippen MR) is 115 cm³/mol. The minimum Gasteiger partial charge on any atom is -0.496 e. The number of hydrogen-bond donors (Lipinski definition) is 1. The highest BCUT2D eigenvalue weighted by Gasteiger charge is 2.32. The van der Waals surface area contributed by atoms with Crippen molar-refractivity contribution in [2.75, 3.05) is 39.8 Å². The fraction of sp³-hybridized carbons (Fsp3) is 0.565. The number of hydrogen-bond acceptors (Lipinski definition) is 4. The van der Waals surface area contributed by atoms with Crippen molar-refractivity contribution in [3.63, 3.8) is 0 Å². The van der Waals surface area contributed by atoms with Crippen LogP contribution in [0.2, 0.25) is 0 Å². The Bertz CT molecular complexity index is 711. The maximum absolute atomic E-state index is 12.9. The number of methoxy groups -OCH3 is 1. The number of benzene rings is 1. The van der Waals surface area contributed by atoms with Crippen molar-refractivity contribution >= 4 is 17.9 Å². The highest BCUT2D eigenvalue weighted by molar-refractivity contribution is 5.88. The van der Waals surface area contributed by atoms with Gasteiger partial charge in [-0.05, 0) is 18.9 Å². The van der Waals surface area contributed by atoms with Gasteiger partial charge in [-0.15, -0.1) is 0 Å². The smallest absolute Gasteiger partial charge is 0.237 e. The molecule has 1 N–H and O–H groups in total. The molecule has 2 fully saturated rings. The van der Waals surface area contributed by atoms with Crippen LogP contribution in [-0.2, 0) is 9.59 Å². The van der Waals surface area contributed by atoms with Crippen molar-refractivity contribution in [1.29, 1.82) is 0 Å². The molecular weight excluding hydrogens is 366 g/mol. The Kier molecular flexibility index (Phi) is 8.11. The molecule has 2 heterocycles. The van der Waals surface area contributed by atoms with E-state index in [2.05, 4.69) is 10.2 Å². The van der Waals surface area contributed by atoms with Gasteiger partial charge in [0.15, 0.2) is 0 Å². The first-order chi connectivity index (χ1) is 14.2. The summed E-state index contributed by atoms with van der Waals surface area (Å²) in [5.74, 6) is 0.888. The lowest BCUT2D eigenvalue weighted by molar-refractivity contribution is -0.138. The minimum absolute atomic E-state index is 0.0395. The quantitative estimate of drug-likeness (QED) is 0.799. The van der Waals surface area contributed by atoms with Gasteiger partial charge in [-0.25, -0.2) is 0 Å². The fourth-order valence-corrected chi connectivity index (χ4v) is 4.11. The first kappa shape index (κ1) is 21.4. The van der Waals surface area contributed by atoms with Crippen LogP contribution in [0.4, 0.5) is 0 Å². The molecule has 29 heavy (non-hydrogen) atoms. The van der Waals surface area contributed by atoms with E-state index in [1.165, 1.54) is 19.3 Å². The van der Waals surface area contributed by atoms with E-state index in [0.717, 1.165) is 43.8 Å². The molecule has 158 valence electrons. The summed E-state index contributed by atoms with van der Waals surface area (Å²) < 4.78 is 5.39. The van der Waals surface area contributed by atoms with E-state index in [9.17, 15) is 9.59 Å². The number of carbonyl (C=O) groups is 2. The second-order valence-corrected chi connectivity index (χ2v) is 7.80. The van der Waals surface area contributed by atoms with Gasteiger partial charge in [-0.3, -0.25) is 14.5 Å². The predicted octanol–water partition coefficient (Wildman–Crippen LogP) is 2.69. The van der Waals surface area contributed by atoms with Gasteiger partial charge in [-0.1, -0.05) is 49.6 Å². The molecule has 2 aliphatic heterocycles. The summed E-state index contributed by atoms with van der Waals surface area (Å²) in [6, 6.07) is 7.45. The number of para-hydroxylation sites is 1. The number of ether oxygens (including phenoxy) is 1. The van der Waals surface area contributed by atoms with E-state index in [0.29, 0.717) is 13.1 Å². The standard InChI is InChI=1S/C23H33N3O3/c1-29-21-12-6-5-10-19(21)11-9-16-25-17-13-24-23(28)20(25)18-22(27)26-14-7-3-2-4-8-15-26/h5-6,9-12,20H,2-4,7-8,13-18H2,1H3,(H,24,28)/b11-9+. The molecule has 0 aromatic heterocycles. The summed E-state index contributed by atoms with van der Waals surface area (Å²) in [6.45, 7) is 3.64. The zero-order chi connectivity index (χ0) is 20.5. The third-order valence-corrected chi connectivity index (χ3v) is 5.79. The lowest BCUT2D eigenvalue weighted by atomic mass is 10.1. The molecule has 2 saturated heterocycles. The zero-order valence-corrected chi connectivity index (χ0v) is 17.4. The van der Waals surface area contributed by atoms with Crippen molar-refractivity contribution in [3.05, 3.63) is 35.9 Å². The van der Waals surface area contributed by atoms with Gasteiger partial charge in [0.25, 0.3) is 0 Å². The Hall–Kier alpha value is -2.34. The lowest BCUT2D eigenvalue weighted by Gasteiger charge is -2.35. The molecule has 0 saturated carbocycles. The largest absolute Gasteiger partial charge is 0.496 e. The number of carbonyl (C=O) groups excluding carboxylic acids is 2. The summed E-state index contributed by atoms with van der Waals surface area (Å²) in [5.41, 5.74) is 1.00. The normalized spacial score (nSPS) is 21.5. The van der Waals surface area contributed by atoms with E-state index in [1.807, 2.05) is 41.3 Å². The lowest BCUT2D eigenvalue weighted by Crippen LogP contribution is -2.56. The Balaban J connectivity index is 1.61. The van der Waals surface area contributed by atoms with Crippen molar-refractivity contribution in [2.45, 2.75) is 44.6 Å². The molecule has 2 aliphatic rings. The van der Waals surface area contributed by atoms with Crippen LogP contribution in [0, 0.1) is 0 Å². The summed E-state index contributed by atoms with van der Waals surface area (Å²) in [7, 11) is 1.66. The third kappa shape index (κ3) is 6.07. The molecule has 1 unspecified atom stereocenters. The Morgan fingerprint density at radius 2 is 1.86 bits per heavy atom. The molecular formula is C23H33N3O3. The maximum atomic E-state index is 12.9. The summed E-state index contributed by atoms with van der Waals surface area (Å²) >= 11 is 0. The van der Waals surface area contributed by atoms with E-state index >= 15 is 0 Å². The van der Waals surface area contributed by atoms with E-state index in [4.69, 9.17) is 4.74 Å². The average Bonchev–Trinajstić information content (AvgIpc) is 2.70. The Labute approximate surface area is 173 Å². The molecule has 3 rings (SSSR count). The SMILES string of the molecule is COc1ccccc1/C=C/CN1CCNC(=O)C1CC(=O)N1CCCCCCC1. The van der Waals surface area contributed by atoms with Gasteiger partial charge in [0.2, 0.25) is 11.8 Å². The molecule has 0 aliphatic carbocycles. The van der Waals surface area contributed by atoms with E-state index in [1.54, 1.807) is 7.11 Å². The maximum Gasteiger partial charge on any atom is 0.237 e. The van der Waals surface area contributed by atoms with Gasteiger partial charge < -0.3 is 15.0 Å². The number of rotatable bonds is 6. The fourth-order valence-electron chi connectivity index (χ4n) is 4.11. The second kappa shape index (κ2) is 11.0. The molecule has 0 bridgehead atoms. The monoisotopic (exact) mass is 399 g/mol. The third-order valence-electron chi connectivity index (χ3n) is 5.79. The van der Waals surface area contributed by atoms with Gasteiger partial charge in [-0.2, -0.15) is 0 Å². The number of likely N-dealkylation sites (tertiary alicyclic amines) is 1. The number of piperazine rings is 1. The van der Waals surface area contributed by atoms with Crippen LogP contribution in [0.3, 0.4) is 0 Å². The van der Waals surface area contributed by atoms with Crippen molar-refractivity contribution in [2.24, 2.45) is 0 Å². The van der Waals surface area contributed by atoms with Crippen LogP contribution in [0.5, 0.6) is 5.75 Å². The van der Waals surface area contributed by atoms with Crippen LogP contribution in [0.15, 0.2) is 30.3 Å². The van der Waals surface area contributed by atoms with E-state index in [-0.39, 0.29) is 18.2 Å². The van der Waals surface area contributed by atoms with Crippen molar-refractivity contribution in [1.82, 2.24) is 15.1 Å². The zero-order valence-electron chi connectivity index (χ0n) is 17.4. The first-order valence-corrected chi connectivity index (χ1v) is 10.8. The molecule has 1 aromatic rings. The van der Waals surface area contributed by atoms with Crippen LogP contribution in [0.1, 0.15) is 44.1 Å². The summed E-state index contributed by atoms with van der Waals surface area (Å²) in [4.78, 5) is 29.5. The molecule has 6 heteroatoms. The van der Waals surface area contributed by atoms with Gasteiger partial charge in [0.05, 0.1) is 19.6 Å². The molecule has 0 radical (unpaired) electrons. The van der Waals surface area contributed by atoms with Crippen LogP contribution >= 0.6 is 0 Å². The van der Waals surface area contributed by atoms with Gasteiger partial charge >= 0.3 is 0 Å². The molecule has 1 atom stereocenters.